The molecule has 0 amide bonds. The molecule has 0 radical (unpaired) electrons. The highest BCUT2D eigenvalue weighted by atomic mass is 16.6. The first-order valence-corrected chi connectivity index (χ1v) is 6.02. The van der Waals surface area contributed by atoms with Crippen molar-refractivity contribution in [3.8, 4) is 0 Å². The summed E-state index contributed by atoms with van der Waals surface area (Å²) in [4.78, 5) is 14.0. The van der Waals surface area contributed by atoms with Gasteiger partial charge in [0.25, 0.3) is 0 Å². The minimum atomic E-state index is -0.366. The molecule has 2 heterocycles. The summed E-state index contributed by atoms with van der Waals surface area (Å²) in [7, 11) is 2.06. The minimum Gasteiger partial charge on any atom is -0.457 e. The molecular weight excluding hydrogens is 218 g/mol. The molecule has 94 valence electrons. The zero-order valence-electron chi connectivity index (χ0n) is 10.6. The number of rotatable bonds is 2. The van der Waals surface area contributed by atoms with E-state index in [1.165, 1.54) is 6.26 Å². The first-order chi connectivity index (χ1) is 8.08. The SMILES string of the molecule is CC1CC(C)N(C)CC1OC(=O)c1ccco1. The van der Waals surface area contributed by atoms with Gasteiger partial charge in [0.15, 0.2) is 0 Å². The van der Waals surface area contributed by atoms with Crippen molar-refractivity contribution >= 4 is 5.97 Å². The van der Waals surface area contributed by atoms with E-state index in [4.69, 9.17) is 9.15 Å². The Labute approximate surface area is 102 Å². The van der Waals surface area contributed by atoms with Gasteiger partial charge in [0.05, 0.1) is 6.26 Å². The fourth-order valence-electron chi connectivity index (χ4n) is 2.26. The van der Waals surface area contributed by atoms with E-state index in [9.17, 15) is 4.79 Å². The Morgan fingerprint density at radius 1 is 1.53 bits per heavy atom. The van der Waals surface area contributed by atoms with E-state index < -0.39 is 0 Å². The number of likely N-dealkylation sites (N-methyl/N-ethyl adjacent to an activating group) is 1. The fourth-order valence-corrected chi connectivity index (χ4v) is 2.26. The average Bonchev–Trinajstić information content (AvgIpc) is 2.79. The van der Waals surface area contributed by atoms with Crippen LogP contribution in [0.15, 0.2) is 22.8 Å². The first kappa shape index (κ1) is 12.2. The van der Waals surface area contributed by atoms with E-state index in [0.29, 0.717) is 12.0 Å². The lowest BCUT2D eigenvalue weighted by atomic mass is 9.91. The van der Waals surface area contributed by atoms with E-state index in [1.807, 2.05) is 0 Å². The molecule has 1 aliphatic heterocycles. The van der Waals surface area contributed by atoms with Crippen LogP contribution in [-0.4, -0.2) is 36.6 Å². The molecule has 1 aromatic heterocycles. The highest BCUT2D eigenvalue weighted by Crippen LogP contribution is 2.24. The van der Waals surface area contributed by atoms with E-state index in [0.717, 1.165) is 13.0 Å². The zero-order chi connectivity index (χ0) is 12.4. The number of carbonyl (C=O) groups excluding carboxylic acids is 1. The number of hydrogen-bond donors (Lipinski definition) is 0. The summed E-state index contributed by atoms with van der Waals surface area (Å²) in [6.07, 6.45) is 2.48. The van der Waals surface area contributed by atoms with Gasteiger partial charge in [-0.05, 0) is 38.4 Å². The molecule has 0 aliphatic carbocycles. The van der Waals surface area contributed by atoms with Gasteiger partial charge in [-0.15, -0.1) is 0 Å². The lowest BCUT2D eigenvalue weighted by Gasteiger charge is -2.38. The molecule has 0 aromatic carbocycles. The zero-order valence-corrected chi connectivity index (χ0v) is 10.6. The molecule has 1 aliphatic rings. The molecule has 1 fully saturated rings. The van der Waals surface area contributed by atoms with Gasteiger partial charge in [-0.25, -0.2) is 4.79 Å². The Hall–Kier alpha value is -1.29. The van der Waals surface area contributed by atoms with Crippen LogP contribution in [0.25, 0.3) is 0 Å². The summed E-state index contributed by atoms with van der Waals surface area (Å²) >= 11 is 0. The van der Waals surface area contributed by atoms with Crippen LogP contribution in [0, 0.1) is 5.92 Å². The fraction of sp³-hybridized carbons (Fsp3) is 0.615. The number of furan rings is 1. The number of nitrogens with zero attached hydrogens (tertiary/aromatic N) is 1. The number of piperidine rings is 1. The predicted molar refractivity (Wildman–Crippen MR) is 63.8 cm³/mol. The maximum atomic E-state index is 11.8. The van der Waals surface area contributed by atoms with Crippen LogP contribution >= 0.6 is 0 Å². The third-order valence-electron chi connectivity index (χ3n) is 3.55. The molecule has 0 N–H and O–H groups in total. The van der Waals surface area contributed by atoms with Crippen molar-refractivity contribution in [3.63, 3.8) is 0 Å². The molecule has 17 heavy (non-hydrogen) atoms. The van der Waals surface area contributed by atoms with Gasteiger partial charge in [0, 0.05) is 12.6 Å². The second kappa shape index (κ2) is 4.92. The molecule has 0 bridgehead atoms. The third-order valence-corrected chi connectivity index (χ3v) is 3.55. The summed E-state index contributed by atoms with van der Waals surface area (Å²) in [5.41, 5.74) is 0. The smallest absolute Gasteiger partial charge is 0.374 e. The van der Waals surface area contributed by atoms with Crippen molar-refractivity contribution in [2.45, 2.75) is 32.4 Å². The molecule has 3 atom stereocenters. The van der Waals surface area contributed by atoms with E-state index in [-0.39, 0.29) is 17.8 Å². The van der Waals surface area contributed by atoms with Gasteiger partial charge >= 0.3 is 5.97 Å². The molecular formula is C13H19NO3. The summed E-state index contributed by atoms with van der Waals surface area (Å²) in [6.45, 7) is 5.11. The molecule has 4 nitrogen and oxygen atoms in total. The van der Waals surface area contributed by atoms with E-state index >= 15 is 0 Å². The molecule has 4 heteroatoms. The Kier molecular flexibility index (Phi) is 3.52. The second-order valence-electron chi connectivity index (χ2n) is 4.92. The molecule has 1 saturated heterocycles. The monoisotopic (exact) mass is 237 g/mol. The number of esters is 1. The predicted octanol–water partition coefficient (Wildman–Crippen LogP) is 2.17. The number of carbonyl (C=O) groups is 1. The lowest BCUT2D eigenvalue weighted by Crippen LogP contribution is -2.47. The Bertz CT molecular complexity index is 374. The average molecular weight is 237 g/mol. The van der Waals surface area contributed by atoms with Gasteiger partial charge < -0.3 is 9.15 Å². The van der Waals surface area contributed by atoms with Crippen molar-refractivity contribution in [1.82, 2.24) is 4.90 Å². The molecule has 3 unspecified atom stereocenters. The first-order valence-electron chi connectivity index (χ1n) is 6.02. The van der Waals surface area contributed by atoms with Gasteiger partial charge in [-0.1, -0.05) is 6.92 Å². The van der Waals surface area contributed by atoms with E-state index in [2.05, 4.69) is 25.8 Å². The largest absolute Gasteiger partial charge is 0.457 e. The second-order valence-corrected chi connectivity index (χ2v) is 4.92. The summed E-state index contributed by atoms with van der Waals surface area (Å²) < 4.78 is 10.5. The molecule has 0 spiro atoms. The van der Waals surface area contributed by atoms with Crippen LogP contribution in [0.5, 0.6) is 0 Å². The van der Waals surface area contributed by atoms with Crippen LogP contribution in [0.1, 0.15) is 30.8 Å². The van der Waals surface area contributed by atoms with Crippen molar-refractivity contribution in [1.29, 1.82) is 0 Å². The van der Waals surface area contributed by atoms with Gasteiger partial charge in [-0.2, -0.15) is 0 Å². The van der Waals surface area contributed by atoms with Crippen LogP contribution in [0.4, 0.5) is 0 Å². The van der Waals surface area contributed by atoms with Crippen LogP contribution in [-0.2, 0) is 4.74 Å². The summed E-state index contributed by atoms with van der Waals surface area (Å²) in [6, 6.07) is 3.86. The number of ether oxygens (including phenoxy) is 1. The molecule has 1 aromatic rings. The van der Waals surface area contributed by atoms with E-state index in [1.54, 1.807) is 12.1 Å². The number of likely N-dealkylation sites (tertiary alicyclic amines) is 1. The highest BCUT2D eigenvalue weighted by Gasteiger charge is 2.32. The lowest BCUT2D eigenvalue weighted by molar-refractivity contribution is -0.0234. The quantitative estimate of drug-likeness (QED) is 0.739. The maximum Gasteiger partial charge on any atom is 0.374 e. The normalized spacial score (nSPS) is 30.2. The van der Waals surface area contributed by atoms with Crippen LogP contribution < -0.4 is 0 Å². The Morgan fingerprint density at radius 3 is 2.94 bits per heavy atom. The molecule has 2 rings (SSSR count). The van der Waals surface area contributed by atoms with Crippen molar-refractivity contribution in [2.75, 3.05) is 13.6 Å². The van der Waals surface area contributed by atoms with Crippen molar-refractivity contribution in [2.24, 2.45) is 5.92 Å². The maximum absolute atomic E-state index is 11.8. The topological polar surface area (TPSA) is 42.7 Å². The molecule has 0 saturated carbocycles. The van der Waals surface area contributed by atoms with Crippen molar-refractivity contribution < 1.29 is 13.9 Å². The van der Waals surface area contributed by atoms with Crippen LogP contribution in [0.3, 0.4) is 0 Å². The van der Waals surface area contributed by atoms with Crippen molar-refractivity contribution in [3.05, 3.63) is 24.2 Å². The summed E-state index contributed by atoms with van der Waals surface area (Å²) in [5, 5.41) is 0. The highest BCUT2D eigenvalue weighted by molar-refractivity contribution is 5.86. The van der Waals surface area contributed by atoms with Gasteiger partial charge in [-0.3, -0.25) is 4.90 Å². The summed E-state index contributed by atoms with van der Waals surface area (Å²) in [5.74, 6) is 0.299. The Morgan fingerprint density at radius 2 is 2.29 bits per heavy atom. The third kappa shape index (κ3) is 2.69. The number of hydrogen-bond acceptors (Lipinski definition) is 4. The Balaban J connectivity index is 1.97. The standard InChI is InChI=1S/C13H19NO3/c1-9-7-10(2)14(3)8-12(9)17-13(15)11-5-4-6-16-11/h4-6,9-10,12H,7-8H2,1-3H3. The van der Waals surface area contributed by atoms with Gasteiger partial charge in [0.1, 0.15) is 6.10 Å². The minimum absolute atomic E-state index is 0.0474. The van der Waals surface area contributed by atoms with Gasteiger partial charge in [0.2, 0.25) is 5.76 Å². The van der Waals surface area contributed by atoms with Crippen LogP contribution in [0.2, 0.25) is 0 Å².